The molecule has 0 radical (unpaired) electrons. The van der Waals surface area contributed by atoms with E-state index in [1.165, 1.54) is 12.8 Å². The van der Waals surface area contributed by atoms with Crippen LogP contribution in [0.3, 0.4) is 0 Å². The molecule has 1 unspecified atom stereocenters. The van der Waals surface area contributed by atoms with Crippen LogP contribution >= 0.6 is 0 Å². The summed E-state index contributed by atoms with van der Waals surface area (Å²) >= 11 is 0. The van der Waals surface area contributed by atoms with Crippen molar-refractivity contribution in [3.05, 3.63) is 0 Å². The number of hydrogen-bond donors (Lipinski definition) is 0. The molecule has 0 heterocycles. The Bertz CT molecular complexity index is 287. The number of esters is 2. The van der Waals surface area contributed by atoms with Gasteiger partial charge in [0.1, 0.15) is 0 Å². The van der Waals surface area contributed by atoms with Gasteiger partial charge in [0.05, 0.1) is 13.2 Å². The topological polar surface area (TPSA) is 52.6 Å². The SMILES string of the molecule is CCCCC(CC)COC(=O)CCCC(=O)OCC(C)C. The summed E-state index contributed by atoms with van der Waals surface area (Å²) in [7, 11) is 0. The maximum atomic E-state index is 11.6. The van der Waals surface area contributed by atoms with E-state index in [-0.39, 0.29) is 18.4 Å². The van der Waals surface area contributed by atoms with Gasteiger partial charge in [0, 0.05) is 12.8 Å². The van der Waals surface area contributed by atoms with Crippen LogP contribution < -0.4 is 0 Å². The Morgan fingerprint density at radius 3 is 1.95 bits per heavy atom. The van der Waals surface area contributed by atoms with Crippen molar-refractivity contribution in [2.75, 3.05) is 13.2 Å². The standard InChI is InChI=1S/C17H32O4/c1-5-7-9-15(6-2)13-21-17(19)11-8-10-16(18)20-12-14(3)4/h14-15H,5-13H2,1-4H3. The van der Waals surface area contributed by atoms with Crippen molar-refractivity contribution in [2.45, 2.75) is 72.6 Å². The number of carbonyl (C=O) groups is 2. The summed E-state index contributed by atoms with van der Waals surface area (Å²) in [4.78, 5) is 23.0. The fourth-order valence-corrected chi connectivity index (χ4v) is 1.89. The summed E-state index contributed by atoms with van der Waals surface area (Å²) in [5.74, 6) is 0.366. The lowest BCUT2D eigenvalue weighted by Crippen LogP contribution is -2.14. The van der Waals surface area contributed by atoms with Gasteiger partial charge in [-0.2, -0.15) is 0 Å². The predicted molar refractivity (Wildman–Crippen MR) is 83.9 cm³/mol. The molecule has 0 aromatic carbocycles. The van der Waals surface area contributed by atoms with Gasteiger partial charge in [0.25, 0.3) is 0 Å². The summed E-state index contributed by atoms with van der Waals surface area (Å²) in [6.07, 6.45) is 5.58. The third kappa shape index (κ3) is 12.4. The lowest BCUT2D eigenvalue weighted by atomic mass is 10.0. The molecule has 0 spiro atoms. The zero-order valence-electron chi connectivity index (χ0n) is 14.2. The number of hydrogen-bond acceptors (Lipinski definition) is 4. The van der Waals surface area contributed by atoms with Crippen molar-refractivity contribution >= 4 is 11.9 Å². The molecule has 0 aromatic heterocycles. The molecule has 0 bridgehead atoms. The molecule has 0 aliphatic heterocycles. The molecule has 0 fully saturated rings. The van der Waals surface area contributed by atoms with Gasteiger partial charge in [-0.3, -0.25) is 9.59 Å². The molecule has 0 saturated heterocycles. The van der Waals surface area contributed by atoms with Gasteiger partial charge >= 0.3 is 11.9 Å². The third-order valence-electron chi connectivity index (χ3n) is 3.36. The first-order valence-corrected chi connectivity index (χ1v) is 8.30. The lowest BCUT2D eigenvalue weighted by molar-refractivity contribution is -0.146. The normalized spacial score (nSPS) is 12.2. The van der Waals surface area contributed by atoms with Crippen molar-refractivity contribution in [3.63, 3.8) is 0 Å². The van der Waals surface area contributed by atoms with E-state index in [2.05, 4.69) is 13.8 Å². The summed E-state index contributed by atoms with van der Waals surface area (Å²) in [5.41, 5.74) is 0. The Kier molecular flexibility index (Phi) is 12.0. The minimum atomic E-state index is -0.231. The van der Waals surface area contributed by atoms with Crippen molar-refractivity contribution in [3.8, 4) is 0 Å². The first-order valence-electron chi connectivity index (χ1n) is 8.30. The molecule has 1 atom stereocenters. The average molecular weight is 300 g/mol. The van der Waals surface area contributed by atoms with Crippen molar-refractivity contribution in [2.24, 2.45) is 11.8 Å². The molecule has 0 rings (SSSR count). The van der Waals surface area contributed by atoms with E-state index in [9.17, 15) is 9.59 Å². The van der Waals surface area contributed by atoms with E-state index in [1.807, 2.05) is 13.8 Å². The third-order valence-corrected chi connectivity index (χ3v) is 3.36. The van der Waals surface area contributed by atoms with Gasteiger partial charge in [-0.05, 0) is 24.7 Å². The van der Waals surface area contributed by atoms with Crippen molar-refractivity contribution in [1.82, 2.24) is 0 Å². The van der Waals surface area contributed by atoms with Crippen LogP contribution in [0.1, 0.15) is 72.6 Å². The average Bonchev–Trinajstić information content (AvgIpc) is 2.45. The predicted octanol–water partition coefficient (Wildman–Crippen LogP) is 4.12. The second-order valence-electron chi connectivity index (χ2n) is 6.03. The second-order valence-corrected chi connectivity index (χ2v) is 6.03. The largest absolute Gasteiger partial charge is 0.465 e. The fourth-order valence-electron chi connectivity index (χ4n) is 1.89. The van der Waals surface area contributed by atoms with E-state index in [4.69, 9.17) is 9.47 Å². The van der Waals surface area contributed by atoms with Crippen LogP contribution in [0.15, 0.2) is 0 Å². The van der Waals surface area contributed by atoms with E-state index < -0.39 is 0 Å². The molecule has 0 aromatic rings. The van der Waals surface area contributed by atoms with Crippen LogP contribution in [-0.2, 0) is 19.1 Å². The molecular weight excluding hydrogens is 268 g/mol. The monoisotopic (exact) mass is 300 g/mol. The zero-order chi connectivity index (χ0) is 16.1. The fraction of sp³-hybridized carbons (Fsp3) is 0.882. The number of carbonyl (C=O) groups excluding carboxylic acids is 2. The van der Waals surface area contributed by atoms with Crippen LogP contribution in [-0.4, -0.2) is 25.2 Å². The summed E-state index contributed by atoms with van der Waals surface area (Å²) in [5, 5.41) is 0. The van der Waals surface area contributed by atoms with Crippen LogP contribution in [0.5, 0.6) is 0 Å². The van der Waals surface area contributed by atoms with Crippen LogP contribution in [0.4, 0.5) is 0 Å². The highest BCUT2D eigenvalue weighted by atomic mass is 16.5. The maximum absolute atomic E-state index is 11.6. The zero-order valence-corrected chi connectivity index (χ0v) is 14.2. The van der Waals surface area contributed by atoms with E-state index in [1.54, 1.807) is 0 Å². The Labute approximate surface area is 129 Å². The summed E-state index contributed by atoms with van der Waals surface area (Å²) in [6, 6.07) is 0. The molecular formula is C17H32O4. The van der Waals surface area contributed by atoms with Gasteiger partial charge in [0.2, 0.25) is 0 Å². The van der Waals surface area contributed by atoms with Crippen molar-refractivity contribution in [1.29, 1.82) is 0 Å². The van der Waals surface area contributed by atoms with Gasteiger partial charge < -0.3 is 9.47 Å². The van der Waals surface area contributed by atoms with E-state index in [0.717, 1.165) is 12.8 Å². The smallest absolute Gasteiger partial charge is 0.305 e. The highest BCUT2D eigenvalue weighted by molar-refractivity contribution is 5.72. The van der Waals surface area contributed by atoms with E-state index >= 15 is 0 Å². The minimum absolute atomic E-state index is 0.207. The second kappa shape index (κ2) is 12.7. The Morgan fingerprint density at radius 2 is 1.48 bits per heavy atom. The molecule has 0 amide bonds. The molecule has 0 saturated carbocycles. The maximum Gasteiger partial charge on any atom is 0.305 e. The number of unbranched alkanes of at least 4 members (excludes halogenated alkanes) is 1. The Morgan fingerprint density at radius 1 is 0.905 bits per heavy atom. The number of ether oxygens (including phenoxy) is 2. The van der Waals surface area contributed by atoms with Crippen molar-refractivity contribution < 1.29 is 19.1 Å². The molecule has 124 valence electrons. The number of rotatable bonds is 12. The molecule has 0 N–H and O–H groups in total. The highest BCUT2D eigenvalue weighted by Gasteiger charge is 2.11. The van der Waals surface area contributed by atoms with E-state index in [0.29, 0.717) is 37.9 Å². The molecule has 21 heavy (non-hydrogen) atoms. The van der Waals surface area contributed by atoms with Crippen LogP contribution in [0.25, 0.3) is 0 Å². The molecule has 4 heteroatoms. The quantitative estimate of drug-likeness (QED) is 0.509. The van der Waals surface area contributed by atoms with Crippen LogP contribution in [0.2, 0.25) is 0 Å². The minimum Gasteiger partial charge on any atom is -0.465 e. The first kappa shape index (κ1) is 19.9. The highest BCUT2D eigenvalue weighted by Crippen LogP contribution is 2.13. The van der Waals surface area contributed by atoms with Gasteiger partial charge in [-0.15, -0.1) is 0 Å². The first-order chi connectivity index (χ1) is 9.99. The Balaban J connectivity index is 3.67. The Hall–Kier alpha value is -1.06. The lowest BCUT2D eigenvalue weighted by Gasteiger charge is -2.14. The van der Waals surface area contributed by atoms with Gasteiger partial charge in [0.15, 0.2) is 0 Å². The van der Waals surface area contributed by atoms with Gasteiger partial charge in [-0.25, -0.2) is 0 Å². The summed E-state index contributed by atoms with van der Waals surface area (Å²) in [6.45, 7) is 9.22. The summed E-state index contributed by atoms with van der Waals surface area (Å²) < 4.78 is 10.3. The molecule has 0 aliphatic carbocycles. The van der Waals surface area contributed by atoms with Crippen LogP contribution in [0, 0.1) is 11.8 Å². The molecule has 0 aliphatic rings. The van der Waals surface area contributed by atoms with Gasteiger partial charge in [-0.1, -0.05) is 47.0 Å². The molecule has 4 nitrogen and oxygen atoms in total.